The number of nitrogens with zero attached hydrogens (tertiary/aromatic N) is 2. The number of hydrogen-bond donors (Lipinski definition) is 2. The Labute approximate surface area is 94.6 Å². The molecule has 3 N–H and O–H groups in total. The van der Waals surface area contributed by atoms with Gasteiger partial charge in [-0.1, -0.05) is 0 Å². The average molecular weight is 220 g/mol. The summed E-state index contributed by atoms with van der Waals surface area (Å²) < 4.78 is 0. The van der Waals surface area contributed by atoms with Crippen molar-refractivity contribution in [1.29, 1.82) is 0 Å². The van der Waals surface area contributed by atoms with Crippen molar-refractivity contribution in [2.45, 2.75) is 19.3 Å². The molecule has 0 saturated carbocycles. The molecule has 0 unspecified atom stereocenters. The first-order valence-electron chi connectivity index (χ1n) is 5.53. The predicted octanol–water partition coefficient (Wildman–Crippen LogP) is 1.68. The Hall–Kier alpha value is -1.78. The molecule has 86 valence electrons. The van der Waals surface area contributed by atoms with Crippen LogP contribution in [0.25, 0.3) is 0 Å². The van der Waals surface area contributed by atoms with Gasteiger partial charge in [0.1, 0.15) is 5.82 Å². The minimum absolute atomic E-state index is 0.0497. The third-order valence-corrected chi connectivity index (χ3v) is 2.68. The van der Waals surface area contributed by atoms with Crippen molar-refractivity contribution in [3.8, 4) is 0 Å². The molecule has 0 radical (unpaired) electrons. The average Bonchev–Trinajstić information content (AvgIpc) is 2.33. The monoisotopic (exact) mass is 220 g/mol. The summed E-state index contributed by atoms with van der Waals surface area (Å²) in [5.74, 6) is 0.455. The van der Waals surface area contributed by atoms with Crippen molar-refractivity contribution in [2.24, 2.45) is 0 Å². The highest BCUT2D eigenvalue weighted by atomic mass is 16.2. The van der Waals surface area contributed by atoms with Crippen LogP contribution >= 0.6 is 0 Å². The van der Waals surface area contributed by atoms with Gasteiger partial charge in [0.05, 0.1) is 11.9 Å². The fourth-order valence-electron chi connectivity index (χ4n) is 1.78. The van der Waals surface area contributed by atoms with E-state index in [2.05, 4.69) is 10.3 Å². The lowest BCUT2D eigenvalue weighted by Gasteiger charge is -2.26. The Morgan fingerprint density at radius 3 is 2.69 bits per heavy atom. The van der Waals surface area contributed by atoms with Crippen LogP contribution in [0.3, 0.4) is 0 Å². The maximum absolute atomic E-state index is 11.8. The first kappa shape index (κ1) is 10.7. The van der Waals surface area contributed by atoms with Gasteiger partial charge in [-0.25, -0.2) is 9.78 Å². The number of carbonyl (C=O) groups excluding carboxylic acids is 1. The Bertz CT molecular complexity index is 357. The van der Waals surface area contributed by atoms with Crippen LogP contribution in [0.15, 0.2) is 18.3 Å². The molecule has 5 nitrogen and oxygen atoms in total. The van der Waals surface area contributed by atoms with Gasteiger partial charge in [-0.15, -0.1) is 0 Å². The molecule has 0 bridgehead atoms. The number of aromatic nitrogens is 1. The lowest BCUT2D eigenvalue weighted by atomic mass is 10.1. The van der Waals surface area contributed by atoms with E-state index in [0.717, 1.165) is 25.9 Å². The number of likely N-dealkylation sites (tertiary alicyclic amines) is 1. The lowest BCUT2D eigenvalue weighted by molar-refractivity contribution is 0.200. The van der Waals surface area contributed by atoms with Crippen molar-refractivity contribution in [2.75, 3.05) is 24.1 Å². The van der Waals surface area contributed by atoms with Crippen molar-refractivity contribution >= 4 is 17.5 Å². The Morgan fingerprint density at radius 2 is 2.06 bits per heavy atom. The van der Waals surface area contributed by atoms with Gasteiger partial charge >= 0.3 is 6.03 Å². The number of rotatable bonds is 1. The van der Waals surface area contributed by atoms with Gasteiger partial charge < -0.3 is 16.0 Å². The maximum atomic E-state index is 11.8. The smallest absolute Gasteiger partial charge is 0.321 e. The van der Waals surface area contributed by atoms with Crippen LogP contribution in [0, 0.1) is 0 Å². The van der Waals surface area contributed by atoms with E-state index in [9.17, 15) is 4.79 Å². The van der Waals surface area contributed by atoms with Gasteiger partial charge in [-0.2, -0.15) is 0 Å². The molecule has 0 aromatic carbocycles. The molecule has 5 heteroatoms. The second-order valence-electron chi connectivity index (χ2n) is 3.95. The Morgan fingerprint density at radius 1 is 1.31 bits per heavy atom. The van der Waals surface area contributed by atoms with Crippen molar-refractivity contribution in [1.82, 2.24) is 9.88 Å². The third kappa shape index (κ3) is 2.62. The van der Waals surface area contributed by atoms with E-state index >= 15 is 0 Å². The number of pyridine rings is 1. The van der Waals surface area contributed by atoms with Crippen molar-refractivity contribution < 1.29 is 4.79 Å². The molecule has 0 spiro atoms. The van der Waals surface area contributed by atoms with E-state index in [4.69, 9.17) is 5.73 Å². The minimum atomic E-state index is -0.0497. The fraction of sp³-hybridized carbons (Fsp3) is 0.455. The maximum Gasteiger partial charge on any atom is 0.321 e. The van der Waals surface area contributed by atoms with Crippen LogP contribution in [-0.2, 0) is 0 Å². The number of piperidine rings is 1. The molecule has 1 aromatic rings. The van der Waals surface area contributed by atoms with E-state index in [1.807, 2.05) is 4.90 Å². The molecular formula is C11H16N4O. The number of hydrogen-bond acceptors (Lipinski definition) is 3. The van der Waals surface area contributed by atoms with E-state index in [1.54, 1.807) is 18.3 Å². The van der Waals surface area contributed by atoms with Crippen LogP contribution in [0.5, 0.6) is 0 Å². The van der Waals surface area contributed by atoms with Gasteiger partial charge in [-0.3, -0.25) is 0 Å². The highest BCUT2D eigenvalue weighted by molar-refractivity contribution is 5.89. The largest absolute Gasteiger partial charge is 0.384 e. The minimum Gasteiger partial charge on any atom is -0.384 e. The standard InChI is InChI=1S/C11H16N4O/c12-10-5-4-9(8-13-10)14-11(16)15-6-2-1-3-7-15/h4-5,8H,1-3,6-7H2,(H2,12,13)(H,14,16). The van der Waals surface area contributed by atoms with Crippen molar-refractivity contribution in [3.63, 3.8) is 0 Å². The fourth-order valence-corrected chi connectivity index (χ4v) is 1.78. The van der Waals surface area contributed by atoms with E-state index in [1.165, 1.54) is 6.42 Å². The quantitative estimate of drug-likeness (QED) is 0.756. The second kappa shape index (κ2) is 4.83. The number of nitrogens with two attached hydrogens (primary N) is 1. The third-order valence-electron chi connectivity index (χ3n) is 2.68. The zero-order valence-electron chi connectivity index (χ0n) is 9.15. The molecule has 2 amide bonds. The van der Waals surface area contributed by atoms with E-state index in [0.29, 0.717) is 11.5 Å². The summed E-state index contributed by atoms with van der Waals surface area (Å²) in [6.07, 6.45) is 4.96. The van der Waals surface area contributed by atoms with Gasteiger partial charge in [0.15, 0.2) is 0 Å². The summed E-state index contributed by atoms with van der Waals surface area (Å²) in [4.78, 5) is 17.6. The zero-order chi connectivity index (χ0) is 11.4. The van der Waals surface area contributed by atoms with Crippen LogP contribution in [0.1, 0.15) is 19.3 Å². The number of carbonyl (C=O) groups is 1. The molecule has 2 heterocycles. The van der Waals surface area contributed by atoms with Crippen LogP contribution in [0.4, 0.5) is 16.3 Å². The molecular weight excluding hydrogens is 204 g/mol. The van der Waals surface area contributed by atoms with Crippen LogP contribution in [-0.4, -0.2) is 29.0 Å². The highest BCUT2D eigenvalue weighted by Crippen LogP contribution is 2.12. The lowest BCUT2D eigenvalue weighted by Crippen LogP contribution is -2.38. The SMILES string of the molecule is Nc1ccc(NC(=O)N2CCCCC2)cn1. The highest BCUT2D eigenvalue weighted by Gasteiger charge is 2.16. The first-order chi connectivity index (χ1) is 7.75. The normalized spacial score (nSPS) is 15.9. The molecule has 0 atom stereocenters. The summed E-state index contributed by atoms with van der Waals surface area (Å²) in [7, 11) is 0. The molecule has 1 aromatic heterocycles. The Kier molecular flexibility index (Phi) is 3.24. The van der Waals surface area contributed by atoms with Crippen LogP contribution < -0.4 is 11.1 Å². The van der Waals surface area contributed by atoms with Gasteiger partial charge in [0.25, 0.3) is 0 Å². The Balaban J connectivity index is 1.93. The van der Waals surface area contributed by atoms with E-state index < -0.39 is 0 Å². The number of urea groups is 1. The number of anilines is 2. The topological polar surface area (TPSA) is 71.2 Å². The van der Waals surface area contributed by atoms with Crippen molar-refractivity contribution in [3.05, 3.63) is 18.3 Å². The number of nitrogen functional groups attached to an aromatic ring is 1. The summed E-state index contributed by atoms with van der Waals surface area (Å²) in [6.45, 7) is 1.68. The summed E-state index contributed by atoms with van der Waals surface area (Å²) in [5.41, 5.74) is 6.15. The second-order valence-corrected chi connectivity index (χ2v) is 3.95. The number of amides is 2. The predicted molar refractivity (Wildman–Crippen MR) is 63.1 cm³/mol. The van der Waals surface area contributed by atoms with Gasteiger partial charge in [0.2, 0.25) is 0 Å². The number of nitrogens with one attached hydrogen (secondary N) is 1. The first-order valence-corrected chi connectivity index (χ1v) is 5.53. The molecule has 16 heavy (non-hydrogen) atoms. The summed E-state index contributed by atoms with van der Waals surface area (Å²) in [6, 6.07) is 3.38. The summed E-state index contributed by atoms with van der Waals surface area (Å²) >= 11 is 0. The van der Waals surface area contributed by atoms with Gasteiger partial charge in [-0.05, 0) is 31.4 Å². The molecule has 1 saturated heterocycles. The zero-order valence-corrected chi connectivity index (χ0v) is 9.15. The molecule has 1 aliphatic rings. The molecule has 2 rings (SSSR count). The summed E-state index contributed by atoms with van der Waals surface area (Å²) in [5, 5.41) is 2.81. The molecule has 1 aliphatic heterocycles. The molecule has 0 aliphatic carbocycles. The van der Waals surface area contributed by atoms with Gasteiger partial charge in [0, 0.05) is 13.1 Å². The van der Waals surface area contributed by atoms with Crippen LogP contribution in [0.2, 0.25) is 0 Å². The van der Waals surface area contributed by atoms with E-state index in [-0.39, 0.29) is 6.03 Å². The molecule has 1 fully saturated rings.